The Hall–Kier alpha value is -1.91. The van der Waals surface area contributed by atoms with E-state index in [0.717, 1.165) is 5.56 Å². The van der Waals surface area contributed by atoms with Gasteiger partial charge in [0.1, 0.15) is 5.82 Å². The highest BCUT2D eigenvalue weighted by Gasteiger charge is 2.12. The Morgan fingerprint density at radius 1 is 1.37 bits per heavy atom. The van der Waals surface area contributed by atoms with Crippen molar-refractivity contribution in [1.82, 2.24) is 5.32 Å². The number of carbonyl (C=O) groups excluding carboxylic acids is 1. The van der Waals surface area contributed by atoms with Gasteiger partial charge < -0.3 is 10.4 Å². The Kier molecular flexibility index (Phi) is 5.99. The molecule has 0 aliphatic rings. The van der Waals surface area contributed by atoms with Crippen molar-refractivity contribution < 1.29 is 19.1 Å². The van der Waals surface area contributed by atoms with Crippen LogP contribution in [-0.2, 0) is 16.0 Å². The van der Waals surface area contributed by atoms with E-state index >= 15 is 0 Å². The van der Waals surface area contributed by atoms with Crippen molar-refractivity contribution in [2.75, 3.05) is 6.54 Å². The van der Waals surface area contributed by atoms with Gasteiger partial charge in [-0.15, -0.1) is 0 Å². The van der Waals surface area contributed by atoms with E-state index in [1.54, 1.807) is 19.1 Å². The third-order valence-corrected chi connectivity index (χ3v) is 2.68. The Labute approximate surface area is 111 Å². The largest absolute Gasteiger partial charge is 0.481 e. The fraction of sp³-hybridized carbons (Fsp3) is 0.429. The molecule has 0 bridgehead atoms. The summed E-state index contributed by atoms with van der Waals surface area (Å²) in [6.07, 6.45) is 0.726. The third kappa shape index (κ3) is 6.55. The first kappa shape index (κ1) is 15.1. The van der Waals surface area contributed by atoms with E-state index in [1.807, 2.05) is 0 Å². The second kappa shape index (κ2) is 7.51. The van der Waals surface area contributed by atoms with E-state index < -0.39 is 5.97 Å². The summed E-state index contributed by atoms with van der Waals surface area (Å²) >= 11 is 0. The fourth-order valence-corrected chi connectivity index (χ4v) is 1.80. The molecule has 1 aromatic rings. The lowest BCUT2D eigenvalue weighted by atomic mass is 10.0. The number of nitrogens with one attached hydrogen (secondary N) is 1. The van der Waals surface area contributed by atoms with Crippen LogP contribution in [0.2, 0.25) is 0 Å². The number of amides is 1. The molecule has 5 heteroatoms. The Morgan fingerprint density at radius 3 is 2.74 bits per heavy atom. The van der Waals surface area contributed by atoms with Gasteiger partial charge in [0.15, 0.2) is 0 Å². The maximum atomic E-state index is 12.9. The zero-order valence-corrected chi connectivity index (χ0v) is 10.9. The van der Waals surface area contributed by atoms with Gasteiger partial charge in [-0.25, -0.2) is 4.39 Å². The highest BCUT2D eigenvalue weighted by molar-refractivity contribution is 5.77. The molecule has 2 N–H and O–H groups in total. The van der Waals surface area contributed by atoms with Gasteiger partial charge in [0.05, 0.1) is 0 Å². The second-order valence-corrected chi connectivity index (χ2v) is 4.64. The standard InChI is InChI=1S/C14H18FNO3/c1-10(8-14(18)19)7-13(17)16-6-5-11-3-2-4-12(15)9-11/h2-4,9-10H,5-8H2,1H3,(H,16,17)(H,18,19). The number of benzene rings is 1. The first-order valence-electron chi connectivity index (χ1n) is 6.20. The first-order valence-corrected chi connectivity index (χ1v) is 6.20. The maximum absolute atomic E-state index is 12.9. The average Bonchev–Trinajstić information content (AvgIpc) is 2.27. The molecule has 0 spiro atoms. The van der Waals surface area contributed by atoms with Gasteiger partial charge in [0.25, 0.3) is 0 Å². The van der Waals surface area contributed by atoms with Gasteiger partial charge in [-0.1, -0.05) is 19.1 Å². The van der Waals surface area contributed by atoms with Gasteiger partial charge in [0.2, 0.25) is 5.91 Å². The van der Waals surface area contributed by atoms with E-state index in [4.69, 9.17) is 5.11 Å². The minimum atomic E-state index is -0.903. The third-order valence-electron chi connectivity index (χ3n) is 2.68. The molecule has 0 heterocycles. The van der Waals surface area contributed by atoms with Crippen LogP contribution in [0.25, 0.3) is 0 Å². The van der Waals surface area contributed by atoms with Crippen molar-refractivity contribution in [1.29, 1.82) is 0 Å². The van der Waals surface area contributed by atoms with Crippen LogP contribution >= 0.6 is 0 Å². The number of aliphatic carboxylic acids is 1. The molecule has 0 saturated heterocycles. The number of hydrogen-bond acceptors (Lipinski definition) is 2. The predicted molar refractivity (Wildman–Crippen MR) is 69.1 cm³/mol. The van der Waals surface area contributed by atoms with Crippen LogP contribution in [0.1, 0.15) is 25.3 Å². The molecule has 1 aromatic carbocycles. The molecule has 0 aromatic heterocycles. The molecule has 1 rings (SSSR count). The van der Waals surface area contributed by atoms with Crippen LogP contribution in [0.4, 0.5) is 4.39 Å². The Balaban J connectivity index is 2.25. The molecule has 1 unspecified atom stereocenters. The molecule has 19 heavy (non-hydrogen) atoms. The zero-order chi connectivity index (χ0) is 14.3. The van der Waals surface area contributed by atoms with Gasteiger partial charge >= 0.3 is 5.97 Å². The maximum Gasteiger partial charge on any atom is 0.303 e. The summed E-state index contributed by atoms with van der Waals surface area (Å²) in [5.74, 6) is -1.56. The number of carbonyl (C=O) groups is 2. The number of hydrogen-bond donors (Lipinski definition) is 2. The van der Waals surface area contributed by atoms with Gasteiger partial charge in [-0.2, -0.15) is 0 Å². The number of rotatable bonds is 7. The Bertz CT molecular complexity index is 448. The summed E-state index contributed by atoms with van der Waals surface area (Å²) in [6.45, 7) is 2.14. The van der Waals surface area contributed by atoms with E-state index in [9.17, 15) is 14.0 Å². The van der Waals surface area contributed by atoms with E-state index in [0.29, 0.717) is 13.0 Å². The summed E-state index contributed by atoms with van der Waals surface area (Å²) in [7, 11) is 0. The number of carboxylic acids is 1. The summed E-state index contributed by atoms with van der Waals surface area (Å²) < 4.78 is 12.9. The molecule has 4 nitrogen and oxygen atoms in total. The molecule has 0 aliphatic carbocycles. The molecule has 104 valence electrons. The number of halogens is 1. The lowest BCUT2D eigenvalue weighted by molar-refractivity contribution is -0.138. The molecule has 0 saturated carbocycles. The van der Waals surface area contributed by atoms with Crippen molar-refractivity contribution in [3.8, 4) is 0 Å². The highest BCUT2D eigenvalue weighted by Crippen LogP contribution is 2.07. The zero-order valence-electron chi connectivity index (χ0n) is 10.9. The van der Waals surface area contributed by atoms with Crippen LogP contribution in [0.5, 0.6) is 0 Å². The quantitative estimate of drug-likeness (QED) is 0.794. The highest BCUT2D eigenvalue weighted by atomic mass is 19.1. The van der Waals surface area contributed by atoms with Crippen molar-refractivity contribution in [2.45, 2.75) is 26.2 Å². The van der Waals surface area contributed by atoms with Gasteiger partial charge in [-0.05, 0) is 30.0 Å². The van der Waals surface area contributed by atoms with Crippen LogP contribution in [-0.4, -0.2) is 23.5 Å². The van der Waals surface area contributed by atoms with E-state index in [2.05, 4.69) is 5.32 Å². The van der Waals surface area contributed by atoms with E-state index in [1.165, 1.54) is 12.1 Å². The summed E-state index contributed by atoms with van der Waals surface area (Å²) in [5, 5.41) is 11.3. The normalized spacial score (nSPS) is 11.9. The molecular weight excluding hydrogens is 249 g/mol. The van der Waals surface area contributed by atoms with Gasteiger partial charge in [-0.3, -0.25) is 9.59 Å². The lowest BCUT2D eigenvalue weighted by Crippen LogP contribution is -2.27. The van der Waals surface area contributed by atoms with E-state index in [-0.39, 0.29) is 30.5 Å². The van der Waals surface area contributed by atoms with Crippen LogP contribution in [0.15, 0.2) is 24.3 Å². The SMILES string of the molecule is CC(CC(=O)O)CC(=O)NCCc1cccc(F)c1. The van der Waals surface area contributed by atoms with Crippen molar-refractivity contribution in [2.24, 2.45) is 5.92 Å². The average molecular weight is 267 g/mol. The lowest BCUT2D eigenvalue weighted by Gasteiger charge is -2.09. The second-order valence-electron chi connectivity index (χ2n) is 4.64. The van der Waals surface area contributed by atoms with Crippen LogP contribution < -0.4 is 5.32 Å². The smallest absolute Gasteiger partial charge is 0.303 e. The molecule has 0 aliphatic heterocycles. The minimum Gasteiger partial charge on any atom is -0.481 e. The van der Waals surface area contributed by atoms with Crippen molar-refractivity contribution >= 4 is 11.9 Å². The summed E-state index contributed by atoms with van der Waals surface area (Å²) in [4.78, 5) is 22.0. The summed E-state index contributed by atoms with van der Waals surface area (Å²) in [6, 6.07) is 6.22. The number of carboxylic acid groups (broad SMARTS) is 1. The van der Waals surface area contributed by atoms with Crippen LogP contribution in [0, 0.1) is 11.7 Å². The minimum absolute atomic E-state index is 0.0166. The predicted octanol–water partition coefficient (Wildman–Crippen LogP) is 1.99. The molecule has 0 fully saturated rings. The Morgan fingerprint density at radius 2 is 2.11 bits per heavy atom. The topological polar surface area (TPSA) is 66.4 Å². The van der Waals surface area contributed by atoms with Gasteiger partial charge in [0, 0.05) is 19.4 Å². The molecule has 1 amide bonds. The monoisotopic (exact) mass is 267 g/mol. The van der Waals surface area contributed by atoms with Crippen molar-refractivity contribution in [3.63, 3.8) is 0 Å². The first-order chi connectivity index (χ1) is 8.97. The molecule has 0 radical (unpaired) electrons. The summed E-state index contributed by atoms with van der Waals surface area (Å²) in [5.41, 5.74) is 0.818. The fourth-order valence-electron chi connectivity index (χ4n) is 1.80. The molecule has 1 atom stereocenters. The van der Waals surface area contributed by atoms with Crippen LogP contribution in [0.3, 0.4) is 0 Å². The molecular formula is C14H18FNO3. The van der Waals surface area contributed by atoms with Crippen molar-refractivity contribution in [3.05, 3.63) is 35.6 Å².